The highest BCUT2D eigenvalue weighted by atomic mass is 16.5. The number of rotatable bonds is 18. The van der Waals surface area contributed by atoms with Crippen LogP contribution in [0.1, 0.15) is 66.9 Å². The largest absolute Gasteiger partial charge is 0.508 e. The molecular formula is C33H45N3O5. The van der Waals surface area contributed by atoms with E-state index in [4.69, 9.17) is 4.74 Å². The van der Waals surface area contributed by atoms with E-state index in [0.29, 0.717) is 17.7 Å². The Morgan fingerprint density at radius 3 is 2.37 bits per heavy atom. The molecule has 1 atom stereocenters. The van der Waals surface area contributed by atoms with Crippen molar-refractivity contribution in [2.45, 2.75) is 64.6 Å². The zero-order valence-electron chi connectivity index (χ0n) is 24.1. The molecule has 0 unspecified atom stereocenters. The minimum Gasteiger partial charge on any atom is -0.508 e. The first-order valence-electron chi connectivity index (χ1n) is 14.6. The van der Waals surface area contributed by atoms with Crippen molar-refractivity contribution in [2.24, 2.45) is 0 Å². The summed E-state index contributed by atoms with van der Waals surface area (Å²) in [6.45, 7) is 4.55. The van der Waals surface area contributed by atoms with E-state index in [-0.39, 0.29) is 18.4 Å². The van der Waals surface area contributed by atoms with E-state index >= 15 is 0 Å². The standard InChI is InChI=1S/C33H45N3O5/c1-25-12-15-29(16-13-25)35-33(40)36-30-11-8-10-26(21-30)9-4-7-20-41-19-6-3-2-5-18-34-23-32(39)27-14-17-31(38)28(22-27)24-37/h8,10-17,21-22,32,34,37-39H,2-7,9,18-20,23-24H2,1H3,(H2,35,36,40)/t32-/m1/s1. The Morgan fingerprint density at radius 2 is 1.59 bits per heavy atom. The molecule has 0 aromatic heterocycles. The Labute approximate surface area is 243 Å². The van der Waals surface area contributed by atoms with Gasteiger partial charge in [0.15, 0.2) is 0 Å². The number of urea groups is 1. The average Bonchev–Trinajstić information content (AvgIpc) is 2.97. The molecule has 8 nitrogen and oxygen atoms in total. The lowest BCUT2D eigenvalue weighted by Crippen LogP contribution is -2.22. The second-order valence-electron chi connectivity index (χ2n) is 10.4. The summed E-state index contributed by atoms with van der Waals surface area (Å²) in [6, 6.07) is 20.2. The predicted molar refractivity (Wildman–Crippen MR) is 164 cm³/mol. The van der Waals surface area contributed by atoms with Gasteiger partial charge in [-0.25, -0.2) is 4.79 Å². The van der Waals surface area contributed by atoms with Gasteiger partial charge in [0.1, 0.15) is 5.75 Å². The second-order valence-corrected chi connectivity index (χ2v) is 10.4. The molecule has 3 aromatic carbocycles. The van der Waals surface area contributed by atoms with Crippen LogP contribution in [0.25, 0.3) is 0 Å². The molecule has 0 radical (unpaired) electrons. The number of hydrogen-bond donors (Lipinski definition) is 6. The van der Waals surface area contributed by atoms with Crippen LogP contribution < -0.4 is 16.0 Å². The fraction of sp³-hybridized carbons (Fsp3) is 0.424. The molecule has 0 saturated carbocycles. The van der Waals surface area contributed by atoms with Gasteiger partial charge in [-0.15, -0.1) is 0 Å². The number of aliphatic hydroxyl groups excluding tert-OH is 2. The minimum absolute atomic E-state index is 0.0393. The number of phenols is 1. The third-order valence-electron chi connectivity index (χ3n) is 6.89. The molecule has 0 fully saturated rings. The highest BCUT2D eigenvalue weighted by Crippen LogP contribution is 2.22. The number of carbonyl (C=O) groups excluding carboxylic acids is 1. The molecule has 0 spiro atoms. The van der Waals surface area contributed by atoms with Crippen LogP contribution >= 0.6 is 0 Å². The van der Waals surface area contributed by atoms with Crippen LogP contribution in [0, 0.1) is 6.92 Å². The zero-order chi connectivity index (χ0) is 29.3. The first-order valence-corrected chi connectivity index (χ1v) is 14.6. The smallest absolute Gasteiger partial charge is 0.323 e. The molecular weight excluding hydrogens is 518 g/mol. The molecule has 0 aliphatic carbocycles. The number of unbranched alkanes of at least 4 members (excludes halogenated alkanes) is 4. The summed E-state index contributed by atoms with van der Waals surface area (Å²) in [7, 11) is 0. The van der Waals surface area contributed by atoms with E-state index in [9.17, 15) is 20.1 Å². The molecule has 0 bridgehead atoms. The van der Waals surface area contributed by atoms with Crippen molar-refractivity contribution >= 4 is 17.4 Å². The van der Waals surface area contributed by atoms with Gasteiger partial charge >= 0.3 is 6.03 Å². The maximum absolute atomic E-state index is 12.3. The molecule has 0 saturated heterocycles. The topological polar surface area (TPSA) is 123 Å². The minimum atomic E-state index is -0.675. The van der Waals surface area contributed by atoms with Crippen LogP contribution in [0.4, 0.5) is 16.2 Å². The number of aromatic hydroxyl groups is 1. The summed E-state index contributed by atoms with van der Waals surface area (Å²) in [5, 5.41) is 38.2. The lowest BCUT2D eigenvalue weighted by atomic mass is 10.1. The Morgan fingerprint density at radius 1 is 0.854 bits per heavy atom. The van der Waals surface area contributed by atoms with E-state index in [0.717, 1.165) is 81.6 Å². The quantitative estimate of drug-likeness (QED) is 0.105. The van der Waals surface area contributed by atoms with Crippen molar-refractivity contribution < 1.29 is 24.9 Å². The number of aliphatic hydroxyl groups is 2. The van der Waals surface area contributed by atoms with Gasteiger partial charge in [-0.3, -0.25) is 0 Å². The van der Waals surface area contributed by atoms with Crippen LogP contribution in [-0.4, -0.2) is 47.7 Å². The molecule has 41 heavy (non-hydrogen) atoms. The van der Waals surface area contributed by atoms with Crippen molar-refractivity contribution in [1.29, 1.82) is 0 Å². The van der Waals surface area contributed by atoms with E-state index in [2.05, 4.69) is 22.0 Å². The summed E-state index contributed by atoms with van der Waals surface area (Å²) in [4.78, 5) is 12.3. The molecule has 0 aliphatic heterocycles. The van der Waals surface area contributed by atoms with Gasteiger partial charge in [-0.2, -0.15) is 0 Å². The highest BCUT2D eigenvalue weighted by molar-refractivity contribution is 5.99. The van der Waals surface area contributed by atoms with Gasteiger partial charge in [-0.05, 0) is 93.1 Å². The van der Waals surface area contributed by atoms with Gasteiger partial charge in [0, 0.05) is 36.7 Å². The summed E-state index contributed by atoms with van der Waals surface area (Å²) in [5.41, 5.74) is 4.99. The molecule has 3 aromatic rings. The van der Waals surface area contributed by atoms with Gasteiger partial charge < -0.3 is 36.0 Å². The van der Waals surface area contributed by atoms with Crippen LogP contribution in [0.15, 0.2) is 66.7 Å². The average molecular weight is 564 g/mol. The Balaban J connectivity index is 1.16. The summed E-state index contributed by atoms with van der Waals surface area (Å²) >= 11 is 0. The number of nitrogens with one attached hydrogen (secondary N) is 3. The van der Waals surface area contributed by atoms with E-state index in [1.807, 2.05) is 49.4 Å². The van der Waals surface area contributed by atoms with Gasteiger partial charge in [0.05, 0.1) is 12.7 Å². The normalized spacial score (nSPS) is 11.8. The molecule has 0 aliphatic rings. The lowest BCUT2D eigenvalue weighted by molar-refractivity contribution is 0.126. The highest BCUT2D eigenvalue weighted by Gasteiger charge is 2.10. The number of hydrogen-bond acceptors (Lipinski definition) is 6. The third-order valence-corrected chi connectivity index (χ3v) is 6.89. The summed E-state index contributed by atoms with van der Waals surface area (Å²) in [6.07, 6.45) is 6.58. The SMILES string of the molecule is Cc1ccc(NC(=O)Nc2cccc(CCCCOCCCCCCNC[C@@H](O)c3ccc(O)c(CO)c3)c2)cc1. The molecule has 2 amide bonds. The molecule has 222 valence electrons. The Kier molecular flexibility index (Phi) is 14.2. The Bertz CT molecular complexity index is 1190. The van der Waals surface area contributed by atoms with E-state index < -0.39 is 6.10 Å². The first kappa shape index (κ1) is 32.1. The van der Waals surface area contributed by atoms with Crippen molar-refractivity contribution in [1.82, 2.24) is 5.32 Å². The second kappa shape index (κ2) is 18.1. The summed E-state index contributed by atoms with van der Waals surface area (Å²) < 4.78 is 5.80. The molecule has 8 heteroatoms. The van der Waals surface area contributed by atoms with Crippen LogP contribution in [0.3, 0.4) is 0 Å². The van der Waals surface area contributed by atoms with Gasteiger partial charge in [0.2, 0.25) is 0 Å². The lowest BCUT2D eigenvalue weighted by Gasteiger charge is -2.14. The van der Waals surface area contributed by atoms with Crippen molar-refractivity contribution in [3.05, 3.63) is 89.0 Å². The zero-order valence-corrected chi connectivity index (χ0v) is 24.1. The maximum Gasteiger partial charge on any atom is 0.323 e. The third kappa shape index (κ3) is 12.3. The van der Waals surface area contributed by atoms with E-state index in [1.54, 1.807) is 12.1 Å². The van der Waals surface area contributed by atoms with E-state index in [1.165, 1.54) is 11.6 Å². The monoisotopic (exact) mass is 563 g/mol. The number of anilines is 2. The molecule has 0 heterocycles. The number of benzene rings is 3. The molecule has 6 N–H and O–H groups in total. The number of ether oxygens (including phenoxy) is 1. The maximum atomic E-state index is 12.3. The van der Waals surface area contributed by atoms with Crippen molar-refractivity contribution in [3.63, 3.8) is 0 Å². The van der Waals surface area contributed by atoms with Crippen LogP contribution in [-0.2, 0) is 17.8 Å². The van der Waals surface area contributed by atoms with Crippen molar-refractivity contribution in [3.8, 4) is 5.75 Å². The van der Waals surface area contributed by atoms with Crippen molar-refractivity contribution in [2.75, 3.05) is 36.9 Å². The number of amides is 2. The first-order chi connectivity index (χ1) is 19.9. The molecule has 3 rings (SSSR count). The van der Waals surface area contributed by atoms with Crippen LogP contribution in [0.5, 0.6) is 5.75 Å². The number of carbonyl (C=O) groups is 1. The fourth-order valence-corrected chi connectivity index (χ4v) is 4.47. The van der Waals surface area contributed by atoms with Crippen LogP contribution in [0.2, 0.25) is 0 Å². The van der Waals surface area contributed by atoms with Gasteiger partial charge in [0.25, 0.3) is 0 Å². The van der Waals surface area contributed by atoms with Gasteiger partial charge in [-0.1, -0.05) is 48.7 Å². The number of aryl methyl sites for hydroxylation is 2. The predicted octanol–water partition coefficient (Wildman–Crippen LogP) is 6.06. The summed E-state index contributed by atoms with van der Waals surface area (Å²) in [5.74, 6) is 0.0393. The Hall–Kier alpha value is -3.43. The fourth-order valence-electron chi connectivity index (χ4n) is 4.47.